The Hall–Kier alpha value is -1.77. The van der Waals surface area contributed by atoms with E-state index in [0.29, 0.717) is 6.61 Å². The summed E-state index contributed by atoms with van der Waals surface area (Å²) in [5, 5.41) is 1.04. The highest BCUT2D eigenvalue weighted by molar-refractivity contribution is 5.82. The fraction of sp³-hybridized carbons (Fsp3) is 0.308. The number of furan rings is 1. The number of hydrogen-bond donors (Lipinski definition) is 0. The third-order valence-electron chi connectivity index (χ3n) is 2.62. The summed E-state index contributed by atoms with van der Waals surface area (Å²) in [4.78, 5) is 11.6. The Balaban J connectivity index is 2.28. The van der Waals surface area contributed by atoms with E-state index < -0.39 is 0 Å². The predicted molar refractivity (Wildman–Crippen MR) is 61.3 cm³/mol. The Kier molecular flexibility index (Phi) is 2.95. The normalized spacial score (nSPS) is 12.6. The topological polar surface area (TPSA) is 39.4 Å². The molecule has 1 aromatic carbocycles. The standard InChI is InChI=1S/C13H14O3/c1-3-15-13(14)9(2)11-5-4-10-6-7-16-12(10)8-11/h4-9H,3H2,1-2H3. The number of carbonyl (C=O) groups is 1. The number of rotatable bonds is 3. The van der Waals surface area contributed by atoms with E-state index in [1.807, 2.05) is 31.2 Å². The lowest BCUT2D eigenvalue weighted by atomic mass is 10.0. The van der Waals surface area contributed by atoms with Gasteiger partial charge in [-0.2, -0.15) is 0 Å². The van der Waals surface area contributed by atoms with Crippen molar-refractivity contribution in [1.82, 2.24) is 0 Å². The average molecular weight is 218 g/mol. The highest BCUT2D eigenvalue weighted by Crippen LogP contribution is 2.23. The fourth-order valence-electron chi connectivity index (χ4n) is 1.64. The van der Waals surface area contributed by atoms with Gasteiger partial charge in [-0.3, -0.25) is 4.79 Å². The van der Waals surface area contributed by atoms with E-state index in [4.69, 9.17) is 9.15 Å². The molecule has 3 nitrogen and oxygen atoms in total. The van der Waals surface area contributed by atoms with Gasteiger partial charge in [-0.1, -0.05) is 12.1 Å². The number of benzene rings is 1. The molecule has 16 heavy (non-hydrogen) atoms. The van der Waals surface area contributed by atoms with Crippen molar-refractivity contribution in [3.05, 3.63) is 36.1 Å². The van der Waals surface area contributed by atoms with Crippen LogP contribution in [0, 0.1) is 0 Å². The van der Waals surface area contributed by atoms with Crippen LogP contribution in [0.2, 0.25) is 0 Å². The SMILES string of the molecule is CCOC(=O)C(C)c1ccc2ccoc2c1. The lowest BCUT2D eigenvalue weighted by Gasteiger charge is -2.10. The quantitative estimate of drug-likeness (QED) is 0.743. The molecule has 0 aliphatic rings. The Labute approximate surface area is 94.0 Å². The van der Waals surface area contributed by atoms with Gasteiger partial charge in [-0.25, -0.2) is 0 Å². The van der Waals surface area contributed by atoms with Crippen molar-refractivity contribution in [1.29, 1.82) is 0 Å². The van der Waals surface area contributed by atoms with Crippen LogP contribution in [0.1, 0.15) is 25.3 Å². The maximum atomic E-state index is 11.6. The van der Waals surface area contributed by atoms with Crippen molar-refractivity contribution in [2.45, 2.75) is 19.8 Å². The molecule has 2 aromatic rings. The van der Waals surface area contributed by atoms with Crippen molar-refractivity contribution in [3.63, 3.8) is 0 Å². The fourth-order valence-corrected chi connectivity index (χ4v) is 1.64. The monoisotopic (exact) mass is 218 g/mol. The van der Waals surface area contributed by atoms with Gasteiger partial charge >= 0.3 is 5.97 Å². The molecule has 0 spiro atoms. The first-order valence-corrected chi connectivity index (χ1v) is 5.36. The van der Waals surface area contributed by atoms with Crippen LogP contribution in [-0.2, 0) is 9.53 Å². The van der Waals surface area contributed by atoms with Gasteiger partial charge in [0, 0.05) is 5.39 Å². The number of esters is 1. The molecule has 0 saturated heterocycles. The van der Waals surface area contributed by atoms with Crippen LogP contribution in [0.4, 0.5) is 0 Å². The molecule has 0 bridgehead atoms. The van der Waals surface area contributed by atoms with Crippen LogP contribution in [0.15, 0.2) is 34.9 Å². The Bertz CT molecular complexity index is 499. The summed E-state index contributed by atoms with van der Waals surface area (Å²) in [6.45, 7) is 4.05. The van der Waals surface area contributed by atoms with Crippen molar-refractivity contribution in [3.8, 4) is 0 Å². The molecule has 84 valence electrons. The summed E-state index contributed by atoms with van der Waals surface area (Å²) < 4.78 is 10.3. The van der Waals surface area contributed by atoms with E-state index >= 15 is 0 Å². The van der Waals surface area contributed by atoms with Crippen molar-refractivity contribution in [2.75, 3.05) is 6.61 Å². The summed E-state index contributed by atoms with van der Waals surface area (Å²) in [5.41, 5.74) is 1.72. The van der Waals surface area contributed by atoms with Gasteiger partial charge in [0.05, 0.1) is 18.8 Å². The minimum absolute atomic E-state index is 0.201. The molecule has 0 N–H and O–H groups in total. The zero-order valence-electron chi connectivity index (χ0n) is 9.40. The van der Waals surface area contributed by atoms with Crippen LogP contribution in [0.3, 0.4) is 0 Å². The first-order valence-electron chi connectivity index (χ1n) is 5.36. The average Bonchev–Trinajstić information content (AvgIpc) is 2.75. The van der Waals surface area contributed by atoms with E-state index in [9.17, 15) is 4.79 Å². The molecule has 0 radical (unpaired) electrons. The van der Waals surface area contributed by atoms with Crippen molar-refractivity contribution in [2.24, 2.45) is 0 Å². The number of fused-ring (bicyclic) bond motifs is 1. The summed E-state index contributed by atoms with van der Waals surface area (Å²) in [7, 11) is 0. The van der Waals surface area contributed by atoms with Gasteiger partial charge in [-0.15, -0.1) is 0 Å². The van der Waals surface area contributed by atoms with Crippen LogP contribution in [0.25, 0.3) is 11.0 Å². The second-order valence-electron chi connectivity index (χ2n) is 3.69. The lowest BCUT2D eigenvalue weighted by molar-refractivity contribution is -0.144. The number of ether oxygens (including phenoxy) is 1. The van der Waals surface area contributed by atoms with E-state index in [0.717, 1.165) is 16.5 Å². The summed E-state index contributed by atoms with van der Waals surface area (Å²) in [6.07, 6.45) is 1.64. The second-order valence-corrected chi connectivity index (χ2v) is 3.69. The molecular formula is C13H14O3. The number of carbonyl (C=O) groups excluding carboxylic acids is 1. The summed E-state index contributed by atoms with van der Waals surface area (Å²) in [5.74, 6) is -0.456. The third kappa shape index (κ3) is 1.94. The molecule has 1 atom stereocenters. The molecule has 1 aromatic heterocycles. The molecule has 1 heterocycles. The first kappa shape index (κ1) is 10.7. The summed E-state index contributed by atoms with van der Waals surface area (Å²) >= 11 is 0. The van der Waals surface area contributed by atoms with Crippen LogP contribution in [0.5, 0.6) is 0 Å². The molecule has 0 aliphatic carbocycles. The Morgan fingerprint density at radius 2 is 2.25 bits per heavy atom. The van der Waals surface area contributed by atoms with Crippen LogP contribution < -0.4 is 0 Å². The van der Waals surface area contributed by atoms with E-state index in [1.165, 1.54) is 0 Å². The molecule has 0 saturated carbocycles. The van der Waals surface area contributed by atoms with Gasteiger partial charge in [0.25, 0.3) is 0 Å². The predicted octanol–water partition coefficient (Wildman–Crippen LogP) is 3.10. The molecular weight excluding hydrogens is 204 g/mol. The van der Waals surface area contributed by atoms with Gasteiger partial charge in [0.2, 0.25) is 0 Å². The molecule has 0 amide bonds. The maximum absolute atomic E-state index is 11.6. The van der Waals surface area contributed by atoms with Crippen LogP contribution in [-0.4, -0.2) is 12.6 Å². The third-order valence-corrected chi connectivity index (χ3v) is 2.62. The molecule has 3 heteroatoms. The van der Waals surface area contributed by atoms with E-state index in [2.05, 4.69) is 0 Å². The zero-order valence-corrected chi connectivity index (χ0v) is 9.40. The Morgan fingerprint density at radius 3 is 3.00 bits per heavy atom. The van der Waals surface area contributed by atoms with Gasteiger partial charge in [-0.05, 0) is 31.5 Å². The van der Waals surface area contributed by atoms with E-state index in [-0.39, 0.29) is 11.9 Å². The molecule has 2 rings (SSSR count). The molecule has 0 fully saturated rings. The molecule has 0 aliphatic heterocycles. The second kappa shape index (κ2) is 4.39. The van der Waals surface area contributed by atoms with Gasteiger partial charge in [0.1, 0.15) is 5.58 Å². The van der Waals surface area contributed by atoms with Gasteiger partial charge in [0.15, 0.2) is 0 Å². The highest BCUT2D eigenvalue weighted by atomic mass is 16.5. The minimum atomic E-state index is -0.255. The van der Waals surface area contributed by atoms with Gasteiger partial charge < -0.3 is 9.15 Å². The minimum Gasteiger partial charge on any atom is -0.466 e. The lowest BCUT2D eigenvalue weighted by Crippen LogP contribution is -2.12. The van der Waals surface area contributed by atoms with E-state index in [1.54, 1.807) is 13.2 Å². The highest BCUT2D eigenvalue weighted by Gasteiger charge is 2.16. The number of hydrogen-bond acceptors (Lipinski definition) is 3. The van der Waals surface area contributed by atoms with Crippen molar-refractivity contribution >= 4 is 16.9 Å². The smallest absolute Gasteiger partial charge is 0.313 e. The first-order chi connectivity index (χ1) is 7.72. The van der Waals surface area contributed by atoms with Crippen LogP contribution >= 0.6 is 0 Å². The molecule has 1 unspecified atom stereocenters. The Morgan fingerprint density at radius 1 is 1.44 bits per heavy atom. The summed E-state index contributed by atoms with van der Waals surface area (Å²) in [6, 6.07) is 7.66. The maximum Gasteiger partial charge on any atom is 0.313 e. The largest absolute Gasteiger partial charge is 0.466 e. The van der Waals surface area contributed by atoms with Crippen molar-refractivity contribution < 1.29 is 13.9 Å². The zero-order chi connectivity index (χ0) is 11.5.